The molecule has 1 heteroatoms. The topological polar surface area (TPSA) is 0 Å². The largest absolute Gasteiger partial charge is 0.251 e. The molecule has 0 aliphatic heterocycles. The highest BCUT2D eigenvalue weighted by atomic mass is 19.1. The SMILES string of the molecule is CCC1CCC(CC2CCC(CF)CC2)CC1. The Bertz CT molecular complexity index is 176. The summed E-state index contributed by atoms with van der Waals surface area (Å²) in [6.45, 7) is 2.26. The Morgan fingerprint density at radius 2 is 1.12 bits per heavy atom. The van der Waals surface area contributed by atoms with Crippen LogP contribution >= 0.6 is 0 Å². The third kappa shape index (κ3) is 3.96. The van der Waals surface area contributed by atoms with Crippen LogP contribution in [0.4, 0.5) is 4.39 Å². The molecule has 0 aromatic heterocycles. The molecular formula is C16H29F. The van der Waals surface area contributed by atoms with E-state index in [1.54, 1.807) is 0 Å². The van der Waals surface area contributed by atoms with Crippen molar-refractivity contribution < 1.29 is 4.39 Å². The molecule has 0 aromatic rings. The Balaban J connectivity index is 1.65. The molecular weight excluding hydrogens is 211 g/mol. The third-order valence-corrected chi connectivity index (χ3v) is 5.39. The Kier molecular flexibility index (Phi) is 5.31. The second-order valence-corrected chi connectivity index (χ2v) is 6.57. The van der Waals surface area contributed by atoms with Crippen molar-refractivity contribution in [1.29, 1.82) is 0 Å². The molecule has 17 heavy (non-hydrogen) atoms. The van der Waals surface area contributed by atoms with E-state index in [2.05, 4.69) is 6.92 Å². The number of halogens is 1. The average molecular weight is 240 g/mol. The van der Waals surface area contributed by atoms with Crippen molar-refractivity contribution in [2.75, 3.05) is 6.67 Å². The highest BCUT2D eigenvalue weighted by molar-refractivity contribution is 4.78. The van der Waals surface area contributed by atoms with Gasteiger partial charge in [-0.05, 0) is 42.9 Å². The van der Waals surface area contributed by atoms with Crippen molar-refractivity contribution in [1.82, 2.24) is 0 Å². The molecule has 0 heterocycles. The summed E-state index contributed by atoms with van der Waals surface area (Å²) in [5, 5.41) is 0. The molecule has 2 rings (SSSR count). The van der Waals surface area contributed by atoms with Crippen LogP contribution in [0.5, 0.6) is 0 Å². The zero-order valence-electron chi connectivity index (χ0n) is 11.5. The number of alkyl halides is 1. The van der Waals surface area contributed by atoms with E-state index in [0.717, 1.165) is 30.6 Å². The van der Waals surface area contributed by atoms with Crippen molar-refractivity contribution >= 4 is 0 Å². The molecule has 0 N–H and O–H groups in total. The first-order valence-corrected chi connectivity index (χ1v) is 7.87. The van der Waals surface area contributed by atoms with Crippen molar-refractivity contribution in [3.63, 3.8) is 0 Å². The van der Waals surface area contributed by atoms with Gasteiger partial charge in [-0.25, -0.2) is 0 Å². The first kappa shape index (κ1) is 13.4. The van der Waals surface area contributed by atoms with Crippen LogP contribution in [0.2, 0.25) is 0 Å². The van der Waals surface area contributed by atoms with Gasteiger partial charge in [0.15, 0.2) is 0 Å². The van der Waals surface area contributed by atoms with Crippen LogP contribution in [0.15, 0.2) is 0 Å². The van der Waals surface area contributed by atoms with Crippen molar-refractivity contribution in [2.24, 2.45) is 23.7 Å². The lowest BCUT2D eigenvalue weighted by Crippen LogP contribution is -2.21. The van der Waals surface area contributed by atoms with E-state index < -0.39 is 0 Å². The fraction of sp³-hybridized carbons (Fsp3) is 1.00. The fourth-order valence-electron chi connectivity index (χ4n) is 3.97. The lowest BCUT2D eigenvalue weighted by atomic mass is 9.73. The lowest BCUT2D eigenvalue weighted by molar-refractivity contribution is 0.177. The van der Waals surface area contributed by atoms with E-state index in [4.69, 9.17) is 0 Å². The number of rotatable bonds is 4. The smallest absolute Gasteiger partial charge is 0.0922 e. The van der Waals surface area contributed by atoms with Gasteiger partial charge < -0.3 is 0 Å². The lowest BCUT2D eigenvalue weighted by Gasteiger charge is -2.33. The van der Waals surface area contributed by atoms with E-state index in [9.17, 15) is 4.39 Å². The standard InChI is InChI=1S/C16H29F/c1-2-13-3-5-14(6-4-13)11-15-7-9-16(12-17)10-8-15/h13-16H,2-12H2,1H3. The maximum Gasteiger partial charge on any atom is 0.0922 e. The molecule has 2 aliphatic carbocycles. The van der Waals surface area contributed by atoms with Crippen LogP contribution in [0.1, 0.15) is 71.1 Å². The van der Waals surface area contributed by atoms with E-state index in [1.165, 1.54) is 51.4 Å². The van der Waals surface area contributed by atoms with Gasteiger partial charge in [0.25, 0.3) is 0 Å². The summed E-state index contributed by atoms with van der Waals surface area (Å²) in [5.41, 5.74) is 0. The molecule has 0 spiro atoms. The van der Waals surface area contributed by atoms with Crippen LogP contribution < -0.4 is 0 Å². The summed E-state index contributed by atoms with van der Waals surface area (Å²) in [7, 11) is 0. The molecule has 2 aliphatic rings. The minimum absolute atomic E-state index is 0.0751. The van der Waals surface area contributed by atoms with E-state index in [0.29, 0.717) is 5.92 Å². The predicted molar refractivity (Wildman–Crippen MR) is 71.8 cm³/mol. The quantitative estimate of drug-likeness (QED) is 0.620. The highest BCUT2D eigenvalue weighted by Crippen LogP contribution is 2.38. The van der Waals surface area contributed by atoms with Gasteiger partial charge in [0, 0.05) is 0 Å². The van der Waals surface area contributed by atoms with Crippen molar-refractivity contribution in [2.45, 2.75) is 71.1 Å². The minimum Gasteiger partial charge on any atom is -0.251 e. The number of hydrogen-bond donors (Lipinski definition) is 0. The van der Waals surface area contributed by atoms with Gasteiger partial charge in [-0.1, -0.05) is 51.9 Å². The Labute approximate surface area is 106 Å². The van der Waals surface area contributed by atoms with Crippen LogP contribution in [-0.4, -0.2) is 6.67 Å². The third-order valence-electron chi connectivity index (χ3n) is 5.39. The molecule has 0 nitrogen and oxygen atoms in total. The second-order valence-electron chi connectivity index (χ2n) is 6.57. The minimum atomic E-state index is -0.0751. The van der Waals surface area contributed by atoms with Gasteiger partial charge in [-0.2, -0.15) is 0 Å². The molecule has 0 aromatic carbocycles. The molecule has 2 fully saturated rings. The monoisotopic (exact) mass is 240 g/mol. The first-order valence-electron chi connectivity index (χ1n) is 7.87. The molecule has 0 atom stereocenters. The Hall–Kier alpha value is -0.0700. The molecule has 100 valence electrons. The molecule has 2 saturated carbocycles. The predicted octanol–water partition coefficient (Wildman–Crippen LogP) is 5.37. The number of hydrogen-bond acceptors (Lipinski definition) is 0. The van der Waals surface area contributed by atoms with Crippen molar-refractivity contribution in [3.05, 3.63) is 0 Å². The summed E-state index contributed by atoms with van der Waals surface area (Å²) in [5.74, 6) is 3.36. The van der Waals surface area contributed by atoms with Gasteiger partial charge in [0.1, 0.15) is 0 Å². The van der Waals surface area contributed by atoms with Crippen LogP contribution in [0, 0.1) is 23.7 Å². The van der Waals surface area contributed by atoms with Crippen LogP contribution in [0.3, 0.4) is 0 Å². The maximum absolute atomic E-state index is 12.5. The zero-order valence-corrected chi connectivity index (χ0v) is 11.5. The van der Waals surface area contributed by atoms with E-state index in [1.807, 2.05) is 0 Å². The van der Waals surface area contributed by atoms with Gasteiger partial charge in [-0.3, -0.25) is 4.39 Å². The highest BCUT2D eigenvalue weighted by Gasteiger charge is 2.26. The summed E-state index contributed by atoms with van der Waals surface area (Å²) in [6, 6.07) is 0. The van der Waals surface area contributed by atoms with Crippen LogP contribution in [0.25, 0.3) is 0 Å². The van der Waals surface area contributed by atoms with Crippen molar-refractivity contribution in [3.8, 4) is 0 Å². The summed E-state index contributed by atoms with van der Waals surface area (Å²) < 4.78 is 12.5. The summed E-state index contributed by atoms with van der Waals surface area (Å²) in [4.78, 5) is 0. The molecule has 0 bridgehead atoms. The normalized spacial score (nSPS) is 39.2. The summed E-state index contributed by atoms with van der Waals surface area (Å²) >= 11 is 0. The first-order chi connectivity index (χ1) is 8.31. The maximum atomic E-state index is 12.5. The zero-order chi connectivity index (χ0) is 12.1. The molecule has 0 amide bonds. The Morgan fingerprint density at radius 1 is 0.706 bits per heavy atom. The Morgan fingerprint density at radius 3 is 1.53 bits per heavy atom. The van der Waals surface area contributed by atoms with E-state index >= 15 is 0 Å². The van der Waals surface area contributed by atoms with Gasteiger partial charge in [0.2, 0.25) is 0 Å². The second kappa shape index (κ2) is 6.75. The van der Waals surface area contributed by atoms with Gasteiger partial charge in [0.05, 0.1) is 6.67 Å². The van der Waals surface area contributed by atoms with Gasteiger partial charge in [-0.15, -0.1) is 0 Å². The average Bonchev–Trinajstić information content (AvgIpc) is 2.40. The van der Waals surface area contributed by atoms with Crippen LogP contribution in [-0.2, 0) is 0 Å². The van der Waals surface area contributed by atoms with E-state index in [-0.39, 0.29) is 6.67 Å². The molecule has 0 unspecified atom stereocenters. The molecule has 0 radical (unpaired) electrons. The summed E-state index contributed by atoms with van der Waals surface area (Å²) in [6.07, 6.45) is 13.7. The van der Waals surface area contributed by atoms with Gasteiger partial charge >= 0.3 is 0 Å². The fourth-order valence-corrected chi connectivity index (χ4v) is 3.97. The molecule has 0 saturated heterocycles.